The monoisotopic (exact) mass is 265 g/mol. The minimum Gasteiger partial charge on any atom is -0.491 e. The average molecular weight is 265 g/mol. The number of nitrogens with zero attached hydrogens (tertiary/aromatic N) is 1. The van der Waals surface area contributed by atoms with Crippen LogP contribution in [0.25, 0.3) is 0 Å². The lowest BCUT2D eigenvalue weighted by molar-refractivity contribution is 0.0948. The largest absolute Gasteiger partial charge is 0.491 e. The molecule has 0 saturated carbocycles. The van der Waals surface area contributed by atoms with Crippen LogP contribution in [-0.4, -0.2) is 29.1 Å². The number of amidine groups is 1. The number of rotatable bonds is 5. The van der Waals surface area contributed by atoms with Crippen molar-refractivity contribution in [2.45, 2.75) is 32.9 Å². The summed E-state index contributed by atoms with van der Waals surface area (Å²) in [4.78, 5) is 12.0. The van der Waals surface area contributed by atoms with Crippen molar-refractivity contribution in [3.8, 4) is 5.75 Å². The molecule has 0 fully saturated rings. The Morgan fingerprint density at radius 1 is 1.42 bits per heavy atom. The quantitative estimate of drug-likeness (QED) is 0.324. The minimum absolute atomic E-state index is 0.0365. The Labute approximate surface area is 112 Å². The third-order valence-corrected chi connectivity index (χ3v) is 2.37. The molecular formula is C13H19N3O3. The van der Waals surface area contributed by atoms with Crippen LogP contribution in [0.2, 0.25) is 0 Å². The van der Waals surface area contributed by atoms with Gasteiger partial charge in [-0.1, -0.05) is 11.2 Å². The third-order valence-electron chi connectivity index (χ3n) is 2.37. The first kappa shape index (κ1) is 14.8. The van der Waals surface area contributed by atoms with Crippen LogP contribution in [0, 0.1) is 0 Å². The van der Waals surface area contributed by atoms with E-state index in [-0.39, 0.29) is 17.8 Å². The van der Waals surface area contributed by atoms with Gasteiger partial charge < -0.3 is 21.0 Å². The van der Waals surface area contributed by atoms with Gasteiger partial charge in [-0.25, -0.2) is 0 Å². The first-order valence-electron chi connectivity index (χ1n) is 5.99. The zero-order valence-corrected chi connectivity index (χ0v) is 11.3. The molecule has 0 heterocycles. The van der Waals surface area contributed by atoms with Crippen LogP contribution >= 0.6 is 0 Å². The van der Waals surface area contributed by atoms with Crippen LogP contribution in [0.3, 0.4) is 0 Å². The van der Waals surface area contributed by atoms with Gasteiger partial charge in [0.05, 0.1) is 12.1 Å². The van der Waals surface area contributed by atoms with E-state index in [1.807, 2.05) is 13.8 Å². The van der Waals surface area contributed by atoms with Crippen LogP contribution in [0.1, 0.15) is 31.1 Å². The fourth-order valence-corrected chi connectivity index (χ4v) is 1.42. The third kappa shape index (κ3) is 4.50. The first-order chi connectivity index (χ1) is 8.93. The zero-order valence-electron chi connectivity index (χ0n) is 11.3. The summed E-state index contributed by atoms with van der Waals surface area (Å²) in [6.07, 6.45) is 0.0365. The number of hydrogen-bond donors (Lipinski definition) is 3. The van der Waals surface area contributed by atoms with Gasteiger partial charge in [0.25, 0.3) is 5.91 Å². The number of benzene rings is 1. The van der Waals surface area contributed by atoms with Crippen LogP contribution in [0.15, 0.2) is 29.4 Å². The molecule has 0 aliphatic heterocycles. The van der Waals surface area contributed by atoms with E-state index in [1.54, 1.807) is 31.2 Å². The molecule has 6 heteroatoms. The van der Waals surface area contributed by atoms with Crippen molar-refractivity contribution in [3.05, 3.63) is 29.8 Å². The summed E-state index contributed by atoms with van der Waals surface area (Å²) in [6.45, 7) is 5.45. The molecule has 19 heavy (non-hydrogen) atoms. The van der Waals surface area contributed by atoms with Gasteiger partial charge in [-0.05, 0) is 39.0 Å². The van der Waals surface area contributed by atoms with Crippen LogP contribution in [0.4, 0.5) is 0 Å². The maximum Gasteiger partial charge on any atom is 0.251 e. The van der Waals surface area contributed by atoms with Crippen molar-refractivity contribution in [1.82, 2.24) is 5.32 Å². The second-order valence-corrected chi connectivity index (χ2v) is 4.41. The summed E-state index contributed by atoms with van der Waals surface area (Å²) < 4.78 is 5.51. The topological polar surface area (TPSA) is 96.9 Å². The molecule has 4 N–H and O–H groups in total. The van der Waals surface area contributed by atoms with E-state index in [0.29, 0.717) is 11.3 Å². The fraction of sp³-hybridized carbons (Fsp3) is 0.385. The number of nitrogens with two attached hydrogens (primary N) is 1. The summed E-state index contributed by atoms with van der Waals surface area (Å²) >= 11 is 0. The number of carbonyl (C=O) groups is 1. The Bertz CT molecular complexity index is 472. The maximum atomic E-state index is 12.0. The number of amides is 1. The molecule has 0 aliphatic carbocycles. The van der Waals surface area contributed by atoms with Crippen molar-refractivity contribution in [2.24, 2.45) is 10.9 Å². The SMILES string of the molecule is CC(C)Oc1cccc(C(=O)NC(C)C(N)=NO)c1. The Kier molecular flexibility index (Phi) is 5.17. The number of ether oxygens (including phenoxy) is 1. The molecule has 104 valence electrons. The molecule has 6 nitrogen and oxygen atoms in total. The van der Waals surface area contributed by atoms with Crippen LogP contribution in [0.5, 0.6) is 5.75 Å². The molecule has 1 unspecified atom stereocenters. The van der Waals surface area contributed by atoms with Gasteiger partial charge in [0.1, 0.15) is 5.75 Å². The maximum absolute atomic E-state index is 12.0. The van der Waals surface area contributed by atoms with Crippen molar-refractivity contribution in [1.29, 1.82) is 0 Å². The number of carbonyl (C=O) groups excluding carboxylic acids is 1. The molecule has 0 radical (unpaired) electrons. The zero-order chi connectivity index (χ0) is 14.4. The second kappa shape index (κ2) is 6.63. The summed E-state index contributed by atoms with van der Waals surface area (Å²) in [5.41, 5.74) is 5.85. The van der Waals surface area contributed by atoms with Crippen LogP contribution < -0.4 is 15.8 Å². The highest BCUT2D eigenvalue weighted by Crippen LogP contribution is 2.14. The predicted octanol–water partition coefficient (Wildman–Crippen LogP) is 1.34. The normalized spacial score (nSPS) is 13.2. The molecule has 1 amide bonds. The molecule has 1 rings (SSSR count). The van der Waals surface area contributed by atoms with Crippen molar-refractivity contribution in [2.75, 3.05) is 0 Å². The van der Waals surface area contributed by atoms with E-state index in [2.05, 4.69) is 10.5 Å². The van der Waals surface area contributed by atoms with Crippen molar-refractivity contribution in [3.63, 3.8) is 0 Å². The smallest absolute Gasteiger partial charge is 0.251 e. The number of oxime groups is 1. The van der Waals surface area contributed by atoms with E-state index < -0.39 is 6.04 Å². The molecule has 1 atom stereocenters. The summed E-state index contributed by atoms with van der Waals surface area (Å²) in [5, 5.41) is 14.0. The molecule has 0 saturated heterocycles. The molecule has 0 bridgehead atoms. The Balaban J connectivity index is 2.77. The molecule has 1 aromatic rings. The lowest BCUT2D eigenvalue weighted by atomic mass is 10.2. The minimum atomic E-state index is -0.549. The number of nitrogens with one attached hydrogen (secondary N) is 1. The van der Waals surface area contributed by atoms with E-state index >= 15 is 0 Å². The lowest BCUT2D eigenvalue weighted by Gasteiger charge is -2.13. The van der Waals surface area contributed by atoms with Gasteiger partial charge in [-0.15, -0.1) is 0 Å². The summed E-state index contributed by atoms with van der Waals surface area (Å²) in [6, 6.07) is 6.28. The fourth-order valence-electron chi connectivity index (χ4n) is 1.42. The van der Waals surface area contributed by atoms with Gasteiger partial charge in [0.2, 0.25) is 0 Å². The predicted molar refractivity (Wildman–Crippen MR) is 72.5 cm³/mol. The molecule has 1 aromatic carbocycles. The summed E-state index contributed by atoms with van der Waals surface area (Å²) in [7, 11) is 0. The molecule has 0 spiro atoms. The molecule has 0 aromatic heterocycles. The Morgan fingerprint density at radius 2 is 2.11 bits per heavy atom. The highest BCUT2D eigenvalue weighted by molar-refractivity contribution is 5.98. The Hall–Kier alpha value is -2.24. The van der Waals surface area contributed by atoms with Crippen molar-refractivity contribution >= 4 is 11.7 Å². The van der Waals surface area contributed by atoms with Crippen molar-refractivity contribution < 1.29 is 14.7 Å². The van der Waals surface area contributed by atoms with Gasteiger partial charge in [-0.3, -0.25) is 4.79 Å². The van der Waals surface area contributed by atoms with Crippen LogP contribution in [-0.2, 0) is 0 Å². The van der Waals surface area contributed by atoms with Gasteiger partial charge in [-0.2, -0.15) is 0 Å². The lowest BCUT2D eigenvalue weighted by Crippen LogP contribution is -2.42. The van der Waals surface area contributed by atoms with E-state index in [0.717, 1.165) is 0 Å². The molecular weight excluding hydrogens is 246 g/mol. The first-order valence-corrected chi connectivity index (χ1v) is 5.99. The van der Waals surface area contributed by atoms with Gasteiger partial charge in [0.15, 0.2) is 5.84 Å². The second-order valence-electron chi connectivity index (χ2n) is 4.41. The highest BCUT2D eigenvalue weighted by Gasteiger charge is 2.13. The Morgan fingerprint density at radius 3 is 2.68 bits per heavy atom. The van der Waals surface area contributed by atoms with E-state index in [9.17, 15) is 4.79 Å². The molecule has 0 aliphatic rings. The summed E-state index contributed by atoms with van der Waals surface area (Å²) in [5.74, 6) is 0.260. The standard InChI is InChI=1S/C13H19N3O3/c1-8(2)19-11-6-4-5-10(7-11)13(17)15-9(3)12(14)16-18/h4-9,18H,1-3H3,(H2,14,16)(H,15,17). The average Bonchev–Trinajstić information content (AvgIpc) is 2.37. The highest BCUT2D eigenvalue weighted by atomic mass is 16.5. The van der Waals surface area contributed by atoms with E-state index in [1.165, 1.54) is 0 Å². The van der Waals surface area contributed by atoms with E-state index in [4.69, 9.17) is 15.7 Å². The van der Waals surface area contributed by atoms with Gasteiger partial charge in [0, 0.05) is 5.56 Å². The van der Waals surface area contributed by atoms with Gasteiger partial charge >= 0.3 is 0 Å². The number of hydrogen-bond acceptors (Lipinski definition) is 4.